The van der Waals surface area contributed by atoms with E-state index in [0.717, 1.165) is 13.0 Å². The average molecular weight is 179 g/mol. The lowest BCUT2D eigenvalue weighted by atomic mass is 10.1. The zero-order valence-corrected chi connectivity index (χ0v) is 7.86. The van der Waals surface area contributed by atoms with Crippen molar-refractivity contribution in [1.82, 2.24) is 0 Å². The van der Waals surface area contributed by atoms with Gasteiger partial charge in [-0.25, -0.2) is 0 Å². The van der Waals surface area contributed by atoms with Crippen LogP contribution in [-0.4, -0.2) is 12.3 Å². The van der Waals surface area contributed by atoms with Crippen LogP contribution >= 0.6 is 11.8 Å². The number of aryl methyl sites for hydroxylation is 1. The molecule has 12 heavy (non-hydrogen) atoms. The second-order valence-electron chi connectivity index (χ2n) is 3.08. The fraction of sp³-hybridized carbons (Fsp3) is 0.400. The Morgan fingerprint density at radius 1 is 1.42 bits per heavy atom. The Morgan fingerprint density at radius 3 is 3.17 bits per heavy atom. The number of thioether (sulfide) groups is 1. The van der Waals surface area contributed by atoms with Gasteiger partial charge in [0, 0.05) is 10.6 Å². The molecule has 0 aromatic heterocycles. The van der Waals surface area contributed by atoms with E-state index in [4.69, 9.17) is 5.73 Å². The zero-order valence-electron chi connectivity index (χ0n) is 7.05. The van der Waals surface area contributed by atoms with E-state index >= 15 is 0 Å². The van der Waals surface area contributed by atoms with Crippen molar-refractivity contribution < 1.29 is 0 Å². The van der Waals surface area contributed by atoms with E-state index in [2.05, 4.69) is 18.2 Å². The predicted molar refractivity (Wildman–Crippen MR) is 53.6 cm³/mol. The van der Waals surface area contributed by atoms with Crippen LogP contribution in [0.2, 0.25) is 0 Å². The Labute approximate surface area is 77.3 Å². The van der Waals surface area contributed by atoms with Crippen molar-refractivity contribution in [1.29, 1.82) is 0 Å². The largest absolute Gasteiger partial charge is 0.330 e. The highest BCUT2D eigenvalue weighted by molar-refractivity contribution is 7.99. The molecule has 0 spiro atoms. The van der Waals surface area contributed by atoms with Crippen LogP contribution in [0.1, 0.15) is 11.1 Å². The molecule has 0 saturated carbocycles. The molecule has 1 aromatic carbocycles. The van der Waals surface area contributed by atoms with Crippen molar-refractivity contribution in [3.05, 3.63) is 29.3 Å². The monoisotopic (exact) mass is 179 g/mol. The molecule has 0 saturated heterocycles. The molecule has 1 aliphatic rings. The highest BCUT2D eigenvalue weighted by Gasteiger charge is 2.10. The van der Waals surface area contributed by atoms with Gasteiger partial charge in [0.15, 0.2) is 0 Å². The third kappa shape index (κ3) is 1.50. The van der Waals surface area contributed by atoms with Crippen LogP contribution in [-0.2, 0) is 12.8 Å². The molecule has 0 bridgehead atoms. The second kappa shape index (κ2) is 3.50. The molecule has 1 aromatic rings. The number of nitrogens with two attached hydrogens (primary N) is 1. The van der Waals surface area contributed by atoms with E-state index in [1.165, 1.54) is 28.2 Å². The molecular weight excluding hydrogens is 166 g/mol. The minimum atomic E-state index is 0.753. The number of hydrogen-bond acceptors (Lipinski definition) is 2. The standard InChI is InChI=1S/C10H13NS/c11-5-3-8-1-2-9-4-6-12-10(9)7-8/h1-2,7H,3-6,11H2. The van der Waals surface area contributed by atoms with Crippen molar-refractivity contribution in [3.63, 3.8) is 0 Å². The van der Waals surface area contributed by atoms with Gasteiger partial charge >= 0.3 is 0 Å². The van der Waals surface area contributed by atoms with Gasteiger partial charge in [0.2, 0.25) is 0 Å². The number of fused-ring (bicyclic) bond motifs is 1. The molecule has 64 valence electrons. The molecule has 0 fully saturated rings. The van der Waals surface area contributed by atoms with Crippen molar-refractivity contribution in [2.75, 3.05) is 12.3 Å². The van der Waals surface area contributed by atoms with Crippen LogP contribution in [0.15, 0.2) is 23.1 Å². The van der Waals surface area contributed by atoms with Gasteiger partial charge in [0.05, 0.1) is 0 Å². The van der Waals surface area contributed by atoms with Gasteiger partial charge in [0.1, 0.15) is 0 Å². The van der Waals surface area contributed by atoms with E-state index in [1.54, 1.807) is 0 Å². The summed E-state index contributed by atoms with van der Waals surface area (Å²) in [5.74, 6) is 1.25. The molecule has 0 amide bonds. The summed E-state index contributed by atoms with van der Waals surface area (Å²) in [6.07, 6.45) is 2.25. The van der Waals surface area contributed by atoms with Crippen molar-refractivity contribution in [3.8, 4) is 0 Å². The van der Waals surface area contributed by atoms with E-state index in [0.29, 0.717) is 0 Å². The van der Waals surface area contributed by atoms with Gasteiger partial charge in [-0.15, -0.1) is 11.8 Å². The summed E-state index contributed by atoms with van der Waals surface area (Å²) in [5.41, 5.74) is 8.39. The first kappa shape index (κ1) is 8.14. The van der Waals surface area contributed by atoms with Crippen molar-refractivity contribution >= 4 is 11.8 Å². The van der Waals surface area contributed by atoms with Gasteiger partial charge in [-0.05, 0) is 36.6 Å². The third-order valence-corrected chi connectivity index (χ3v) is 3.29. The van der Waals surface area contributed by atoms with Gasteiger partial charge < -0.3 is 5.73 Å². The maximum absolute atomic E-state index is 5.50. The summed E-state index contributed by atoms with van der Waals surface area (Å²) in [6, 6.07) is 6.75. The first-order valence-electron chi connectivity index (χ1n) is 4.35. The second-order valence-corrected chi connectivity index (χ2v) is 4.22. The Bertz CT molecular complexity index is 283. The topological polar surface area (TPSA) is 26.0 Å². The highest BCUT2D eigenvalue weighted by Crippen LogP contribution is 2.31. The van der Waals surface area contributed by atoms with Gasteiger partial charge in [-0.1, -0.05) is 12.1 Å². The third-order valence-electron chi connectivity index (χ3n) is 2.19. The minimum absolute atomic E-state index is 0.753. The molecule has 0 radical (unpaired) electrons. The Balaban J connectivity index is 2.26. The van der Waals surface area contributed by atoms with Gasteiger partial charge in [0.25, 0.3) is 0 Å². The quantitative estimate of drug-likeness (QED) is 0.749. The normalized spacial score (nSPS) is 14.8. The first-order chi connectivity index (χ1) is 5.90. The Morgan fingerprint density at radius 2 is 2.33 bits per heavy atom. The van der Waals surface area contributed by atoms with Crippen LogP contribution in [0.4, 0.5) is 0 Å². The predicted octanol–water partition coefficient (Wildman–Crippen LogP) is 1.84. The summed E-state index contributed by atoms with van der Waals surface area (Å²) >= 11 is 1.97. The van der Waals surface area contributed by atoms with E-state index in [9.17, 15) is 0 Å². The molecule has 0 aliphatic carbocycles. The number of benzene rings is 1. The molecule has 1 nitrogen and oxygen atoms in total. The van der Waals surface area contributed by atoms with E-state index < -0.39 is 0 Å². The average Bonchev–Trinajstić information content (AvgIpc) is 2.51. The maximum Gasteiger partial charge on any atom is 0.0107 e. The maximum atomic E-state index is 5.50. The van der Waals surface area contributed by atoms with E-state index in [1.807, 2.05) is 11.8 Å². The van der Waals surface area contributed by atoms with Crippen LogP contribution in [0, 0.1) is 0 Å². The molecule has 0 atom stereocenters. The fourth-order valence-electron chi connectivity index (χ4n) is 1.53. The summed E-state index contributed by atoms with van der Waals surface area (Å²) in [7, 11) is 0. The smallest absolute Gasteiger partial charge is 0.0107 e. The van der Waals surface area contributed by atoms with Crippen molar-refractivity contribution in [2.24, 2.45) is 5.73 Å². The molecule has 2 heteroatoms. The van der Waals surface area contributed by atoms with Crippen LogP contribution in [0.25, 0.3) is 0 Å². The summed E-state index contributed by atoms with van der Waals surface area (Å²) in [4.78, 5) is 1.47. The van der Waals surface area contributed by atoms with Crippen LogP contribution < -0.4 is 5.73 Å². The molecule has 0 unspecified atom stereocenters. The molecule has 1 aliphatic heterocycles. The highest BCUT2D eigenvalue weighted by atomic mass is 32.2. The Hall–Kier alpha value is -0.470. The molecule has 2 N–H and O–H groups in total. The van der Waals surface area contributed by atoms with Crippen LogP contribution in [0.3, 0.4) is 0 Å². The van der Waals surface area contributed by atoms with Crippen molar-refractivity contribution in [2.45, 2.75) is 17.7 Å². The molecular formula is C10H13NS. The zero-order chi connectivity index (χ0) is 8.39. The van der Waals surface area contributed by atoms with E-state index in [-0.39, 0.29) is 0 Å². The van der Waals surface area contributed by atoms with Gasteiger partial charge in [-0.2, -0.15) is 0 Å². The summed E-state index contributed by atoms with van der Waals surface area (Å²) in [5, 5.41) is 0. The first-order valence-corrected chi connectivity index (χ1v) is 5.33. The number of rotatable bonds is 2. The summed E-state index contributed by atoms with van der Waals surface area (Å²) in [6.45, 7) is 0.753. The van der Waals surface area contributed by atoms with Gasteiger partial charge in [-0.3, -0.25) is 0 Å². The number of hydrogen-bond donors (Lipinski definition) is 1. The lowest BCUT2D eigenvalue weighted by molar-refractivity contribution is 0.959. The lowest BCUT2D eigenvalue weighted by Crippen LogP contribution is -2.02. The summed E-state index contributed by atoms with van der Waals surface area (Å²) < 4.78 is 0. The van der Waals surface area contributed by atoms with Crippen LogP contribution in [0.5, 0.6) is 0 Å². The fourth-order valence-corrected chi connectivity index (χ4v) is 2.67. The molecule has 1 heterocycles. The molecule has 2 rings (SSSR count). The SMILES string of the molecule is NCCc1ccc2c(c1)SCC2. The Kier molecular flexibility index (Phi) is 2.38. The minimum Gasteiger partial charge on any atom is -0.330 e. The lowest BCUT2D eigenvalue weighted by Gasteiger charge is -2.01.